The fourth-order valence-corrected chi connectivity index (χ4v) is 4.56. The number of nitrogens with one attached hydrogen (secondary N) is 2. The number of fused-ring (bicyclic) bond motifs is 1. The maximum absolute atomic E-state index is 13.9. The summed E-state index contributed by atoms with van der Waals surface area (Å²) in [5.41, 5.74) is -1.05. The first kappa shape index (κ1) is 28.5. The number of carbonyl (C=O) groups excluding carboxylic acids is 2. The van der Waals surface area contributed by atoms with Crippen LogP contribution >= 0.6 is 0 Å². The molecule has 1 aromatic carbocycles. The number of benzene rings is 1. The van der Waals surface area contributed by atoms with Crippen molar-refractivity contribution < 1.29 is 38.9 Å². The molecule has 11 nitrogen and oxygen atoms in total. The molecule has 2 aromatic rings. The molecule has 0 saturated heterocycles. The minimum Gasteiger partial charge on any atom is -0.481 e. The van der Waals surface area contributed by atoms with Crippen molar-refractivity contribution in [2.75, 3.05) is 31.5 Å². The summed E-state index contributed by atoms with van der Waals surface area (Å²) in [6.45, 7) is 7.99. The van der Waals surface area contributed by atoms with Crippen molar-refractivity contribution in [3.8, 4) is 0 Å². The van der Waals surface area contributed by atoms with Crippen LogP contribution in [0.25, 0.3) is 11.6 Å². The number of aromatic amines is 1. The predicted octanol–water partition coefficient (Wildman–Crippen LogP) is 2.30. The average molecular weight is 531 g/mol. The number of aryl methyl sites for hydroxylation is 1. The van der Waals surface area contributed by atoms with Gasteiger partial charge in [-0.05, 0) is 56.8 Å². The summed E-state index contributed by atoms with van der Waals surface area (Å²) in [6, 6.07) is 3.87. The molecule has 1 atom stereocenters. The lowest BCUT2D eigenvalue weighted by Gasteiger charge is -2.36. The van der Waals surface area contributed by atoms with Gasteiger partial charge in [-0.1, -0.05) is 13.8 Å². The number of carboxylic acids is 2. The van der Waals surface area contributed by atoms with Crippen molar-refractivity contribution in [1.29, 1.82) is 0 Å². The number of H-pyrrole nitrogens is 1. The van der Waals surface area contributed by atoms with E-state index in [1.165, 1.54) is 24.3 Å². The van der Waals surface area contributed by atoms with E-state index in [-0.39, 0.29) is 24.2 Å². The quantitative estimate of drug-likeness (QED) is 0.218. The molecular weight excluding hydrogens is 499 g/mol. The Balaban J connectivity index is 2.08. The van der Waals surface area contributed by atoms with E-state index in [0.29, 0.717) is 46.2 Å². The van der Waals surface area contributed by atoms with Crippen LogP contribution in [0.2, 0.25) is 0 Å². The van der Waals surface area contributed by atoms with Crippen molar-refractivity contribution in [3.63, 3.8) is 0 Å². The lowest BCUT2D eigenvalue weighted by molar-refractivity contribution is -0.183. The van der Waals surface area contributed by atoms with Gasteiger partial charge in [0.2, 0.25) is 0 Å². The summed E-state index contributed by atoms with van der Waals surface area (Å²) < 4.78 is 13.9. The molecule has 1 aromatic heterocycles. The van der Waals surface area contributed by atoms with E-state index in [0.717, 1.165) is 0 Å². The zero-order valence-electron chi connectivity index (χ0n) is 21.6. The molecular formula is C26H31FN4O7. The average Bonchev–Trinajstić information content (AvgIpc) is 3.30. The SMILES string of the molecule is CCN(CC)CCN(C(=O)c1c(C)[nH]c(/C=C2\C(=O)Nc3ccc(F)cc32)c1C)[C@](O)(CC(=O)O)C(=O)O. The van der Waals surface area contributed by atoms with Crippen LogP contribution in [0.4, 0.5) is 10.1 Å². The first-order valence-electron chi connectivity index (χ1n) is 12.1. The van der Waals surface area contributed by atoms with Gasteiger partial charge < -0.3 is 30.5 Å². The van der Waals surface area contributed by atoms with E-state index in [1.807, 2.05) is 18.7 Å². The van der Waals surface area contributed by atoms with E-state index < -0.39 is 41.7 Å². The molecule has 3 rings (SSSR count). The van der Waals surface area contributed by atoms with Gasteiger partial charge in [0.25, 0.3) is 17.5 Å². The molecule has 1 aliphatic heterocycles. The Morgan fingerprint density at radius 3 is 2.34 bits per heavy atom. The third kappa shape index (κ3) is 5.46. The second-order valence-electron chi connectivity index (χ2n) is 9.04. The van der Waals surface area contributed by atoms with E-state index in [1.54, 1.807) is 13.8 Å². The molecule has 204 valence electrons. The number of amides is 2. The number of likely N-dealkylation sites (N-methyl/N-ethyl adjacent to an activating group) is 1. The highest BCUT2D eigenvalue weighted by molar-refractivity contribution is 6.35. The molecule has 2 amide bonds. The van der Waals surface area contributed by atoms with Gasteiger partial charge in [0.15, 0.2) is 0 Å². The number of aliphatic carboxylic acids is 2. The maximum Gasteiger partial charge on any atom is 0.358 e. The number of nitrogens with zero attached hydrogens (tertiary/aromatic N) is 2. The Morgan fingerprint density at radius 2 is 1.76 bits per heavy atom. The van der Waals surface area contributed by atoms with Crippen LogP contribution in [0.5, 0.6) is 0 Å². The van der Waals surface area contributed by atoms with Crippen LogP contribution in [0.15, 0.2) is 18.2 Å². The highest BCUT2D eigenvalue weighted by Gasteiger charge is 2.48. The Hall–Kier alpha value is -4.03. The van der Waals surface area contributed by atoms with Crippen LogP contribution in [0.3, 0.4) is 0 Å². The van der Waals surface area contributed by atoms with Gasteiger partial charge in [-0.15, -0.1) is 0 Å². The number of aromatic nitrogens is 1. The summed E-state index contributed by atoms with van der Waals surface area (Å²) in [5, 5.41) is 32.7. The Kier molecular flexibility index (Phi) is 8.38. The summed E-state index contributed by atoms with van der Waals surface area (Å²) in [4.78, 5) is 55.5. The van der Waals surface area contributed by atoms with Gasteiger partial charge >= 0.3 is 11.9 Å². The molecule has 12 heteroatoms. The fraction of sp³-hybridized carbons (Fsp3) is 0.385. The Labute approximate surface area is 218 Å². The normalized spacial score (nSPS) is 15.3. The number of carboxylic acid groups (broad SMARTS) is 2. The summed E-state index contributed by atoms with van der Waals surface area (Å²) >= 11 is 0. The second-order valence-corrected chi connectivity index (χ2v) is 9.04. The van der Waals surface area contributed by atoms with E-state index in [4.69, 9.17) is 0 Å². The number of anilines is 1. The highest BCUT2D eigenvalue weighted by atomic mass is 19.1. The van der Waals surface area contributed by atoms with Gasteiger partial charge in [-0.25, -0.2) is 9.18 Å². The highest BCUT2D eigenvalue weighted by Crippen LogP contribution is 2.35. The largest absolute Gasteiger partial charge is 0.481 e. The molecule has 0 fully saturated rings. The van der Waals surface area contributed by atoms with E-state index >= 15 is 0 Å². The topological polar surface area (TPSA) is 163 Å². The third-order valence-electron chi connectivity index (χ3n) is 6.71. The molecule has 1 aliphatic rings. The number of halogens is 1. The standard InChI is InChI=1S/C26H31FN4O7/c1-5-30(6-2)9-10-31(26(38,25(36)37)13-21(32)33)24(35)22-14(3)20(28-15(22)4)12-18-17-11-16(27)7-8-19(17)29-23(18)34/h7-8,11-12,28,38H,5-6,9-10,13H2,1-4H3,(H,29,34)(H,32,33)(H,36,37)/b18-12-/t26-/m0/s1. The van der Waals surface area contributed by atoms with Crippen LogP contribution in [-0.4, -0.2) is 85.8 Å². The summed E-state index contributed by atoms with van der Waals surface area (Å²) in [6.07, 6.45) is 0.231. The van der Waals surface area contributed by atoms with Crippen LogP contribution in [0, 0.1) is 19.7 Å². The minimum absolute atomic E-state index is 0.0272. The Morgan fingerprint density at radius 1 is 1.11 bits per heavy atom. The maximum atomic E-state index is 13.9. The number of rotatable bonds is 11. The molecule has 0 saturated carbocycles. The molecule has 38 heavy (non-hydrogen) atoms. The predicted molar refractivity (Wildman–Crippen MR) is 137 cm³/mol. The third-order valence-corrected chi connectivity index (χ3v) is 6.71. The zero-order chi connectivity index (χ0) is 28.4. The summed E-state index contributed by atoms with van der Waals surface area (Å²) in [7, 11) is 0. The number of carbonyl (C=O) groups is 4. The molecule has 0 radical (unpaired) electrons. The monoisotopic (exact) mass is 530 g/mol. The van der Waals surface area contributed by atoms with Gasteiger partial charge in [0.1, 0.15) is 12.2 Å². The van der Waals surface area contributed by atoms with E-state index in [2.05, 4.69) is 10.3 Å². The van der Waals surface area contributed by atoms with E-state index in [9.17, 15) is 38.9 Å². The minimum atomic E-state index is -3.01. The summed E-state index contributed by atoms with van der Waals surface area (Å²) in [5.74, 6) is -5.35. The van der Waals surface area contributed by atoms with Crippen LogP contribution in [-0.2, 0) is 14.4 Å². The Bertz CT molecular complexity index is 1310. The van der Waals surface area contributed by atoms with Crippen molar-refractivity contribution in [2.24, 2.45) is 0 Å². The number of hydrogen-bond acceptors (Lipinski definition) is 6. The molecule has 0 unspecified atom stereocenters. The molecule has 0 spiro atoms. The molecule has 2 heterocycles. The zero-order valence-corrected chi connectivity index (χ0v) is 21.6. The van der Waals surface area contributed by atoms with Gasteiger partial charge in [-0.2, -0.15) is 0 Å². The molecule has 0 aliphatic carbocycles. The lowest BCUT2D eigenvalue weighted by Crippen LogP contribution is -2.60. The lowest BCUT2D eigenvalue weighted by atomic mass is 10.0. The molecule has 0 bridgehead atoms. The fourth-order valence-electron chi connectivity index (χ4n) is 4.56. The van der Waals surface area contributed by atoms with Crippen molar-refractivity contribution in [3.05, 3.63) is 52.1 Å². The smallest absolute Gasteiger partial charge is 0.358 e. The van der Waals surface area contributed by atoms with Crippen LogP contribution in [0.1, 0.15) is 53.1 Å². The van der Waals surface area contributed by atoms with Gasteiger partial charge in [0, 0.05) is 35.7 Å². The first-order chi connectivity index (χ1) is 17.8. The van der Waals surface area contributed by atoms with Crippen molar-refractivity contribution in [2.45, 2.75) is 39.8 Å². The van der Waals surface area contributed by atoms with Crippen molar-refractivity contribution in [1.82, 2.24) is 14.8 Å². The first-order valence-corrected chi connectivity index (χ1v) is 12.1. The molecule has 5 N–H and O–H groups in total. The number of aliphatic hydroxyl groups is 1. The van der Waals surface area contributed by atoms with Crippen molar-refractivity contribution >= 4 is 41.1 Å². The van der Waals surface area contributed by atoms with Gasteiger partial charge in [-0.3, -0.25) is 19.3 Å². The van der Waals surface area contributed by atoms with Gasteiger partial charge in [0.05, 0.1) is 11.1 Å². The van der Waals surface area contributed by atoms with Crippen LogP contribution < -0.4 is 5.32 Å². The number of hydrogen-bond donors (Lipinski definition) is 5. The second kappa shape index (κ2) is 11.2.